The predicted molar refractivity (Wildman–Crippen MR) is 77.7 cm³/mol. The van der Waals surface area contributed by atoms with Crippen LogP contribution >= 0.6 is 15.9 Å². The van der Waals surface area contributed by atoms with Crippen LogP contribution in [0.2, 0.25) is 0 Å². The molecular formula is C14H19BrN2O. The molecule has 1 heterocycles. The molecule has 1 atom stereocenters. The topological polar surface area (TPSA) is 41.1 Å². The van der Waals surface area contributed by atoms with Crippen LogP contribution in [-0.2, 0) is 4.79 Å². The number of carbonyl (C=O) groups is 1. The number of anilines is 1. The number of piperidine rings is 1. The molecular weight excluding hydrogens is 292 g/mol. The van der Waals surface area contributed by atoms with E-state index in [0.29, 0.717) is 12.3 Å². The SMILES string of the molecule is Cc1cc(Br)ccc1NC(=O)CC1CCCNC1. The van der Waals surface area contributed by atoms with Crippen LogP contribution in [0.3, 0.4) is 0 Å². The third kappa shape index (κ3) is 3.82. The van der Waals surface area contributed by atoms with Gasteiger partial charge in [0.15, 0.2) is 0 Å². The summed E-state index contributed by atoms with van der Waals surface area (Å²) in [5, 5.41) is 6.33. The molecule has 1 aliphatic heterocycles. The summed E-state index contributed by atoms with van der Waals surface area (Å²) in [5.41, 5.74) is 1.99. The molecule has 1 aromatic rings. The number of carbonyl (C=O) groups excluding carboxylic acids is 1. The minimum atomic E-state index is 0.120. The molecule has 0 radical (unpaired) electrons. The van der Waals surface area contributed by atoms with Gasteiger partial charge < -0.3 is 10.6 Å². The van der Waals surface area contributed by atoms with E-state index in [1.807, 2.05) is 25.1 Å². The molecule has 3 nitrogen and oxygen atoms in total. The number of amides is 1. The molecule has 0 saturated carbocycles. The largest absolute Gasteiger partial charge is 0.326 e. The standard InChI is InChI=1S/C14H19BrN2O/c1-10-7-12(15)4-5-13(10)17-14(18)8-11-3-2-6-16-9-11/h4-5,7,11,16H,2-3,6,8-9H2,1H3,(H,17,18). The van der Waals surface area contributed by atoms with Crippen molar-refractivity contribution in [2.24, 2.45) is 5.92 Å². The van der Waals surface area contributed by atoms with Crippen molar-refractivity contribution in [2.75, 3.05) is 18.4 Å². The first-order valence-corrected chi connectivity index (χ1v) is 7.21. The van der Waals surface area contributed by atoms with Gasteiger partial charge in [0.05, 0.1) is 0 Å². The van der Waals surface area contributed by atoms with Crippen molar-refractivity contribution >= 4 is 27.5 Å². The van der Waals surface area contributed by atoms with Gasteiger partial charge in [0, 0.05) is 16.6 Å². The Morgan fingerprint density at radius 1 is 1.56 bits per heavy atom. The lowest BCUT2D eigenvalue weighted by Crippen LogP contribution is -2.32. The van der Waals surface area contributed by atoms with Crippen molar-refractivity contribution in [1.29, 1.82) is 0 Å². The lowest BCUT2D eigenvalue weighted by Gasteiger charge is -2.22. The average molecular weight is 311 g/mol. The molecule has 0 spiro atoms. The molecule has 2 N–H and O–H groups in total. The van der Waals surface area contributed by atoms with E-state index in [4.69, 9.17) is 0 Å². The van der Waals surface area contributed by atoms with E-state index in [2.05, 4.69) is 26.6 Å². The lowest BCUT2D eigenvalue weighted by atomic mass is 9.96. The smallest absolute Gasteiger partial charge is 0.224 e. The van der Waals surface area contributed by atoms with Crippen LogP contribution in [0, 0.1) is 12.8 Å². The number of aryl methyl sites for hydroxylation is 1. The van der Waals surface area contributed by atoms with Gasteiger partial charge in [-0.05, 0) is 62.5 Å². The maximum absolute atomic E-state index is 12.0. The van der Waals surface area contributed by atoms with E-state index in [0.717, 1.165) is 35.2 Å². The molecule has 0 bridgehead atoms. The van der Waals surface area contributed by atoms with Crippen molar-refractivity contribution in [3.05, 3.63) is 28.2 Å². The Kier molecular flexibility index (Phi) is 4.78. The van der Waals surface area contributed by atoms with E-state index in [1.54, 1.807) is 0 Å². The number of hydrogen-bond donors (Lipinski definition) is 2. The minimum Gasteiger partial charge on any atom is -0.326 e. The molecule has 1 aliphatic rings. The number of benzene rings is 1. The van der Waals surface area contributed by atoms with Crippen LogP contribution in [0.15, 0.2) is 22.7 Å². The zero-order valence-corrected chi connectivity index (χ0v) is 12.2. The molecule has 1 saturated heterocycles. The number of hydrogen-bond acceptors (Lipinski definition) is 2. The summed E-state index contributed by atoms with van der Waals surface area (Å²) in [4.78, 5) is 12.0. The quantitative estimate of drug-likeness (QED) is 0.901. The van der Waals surface area contributed by atoms with E-state index in [9.17, 15) is 4.79 Å². The fourth-order valence-corrected chi connectivity index (χ4v) is 2.80. The highest BCUT2D eigenvalue weighted by Crippen LogP contribution is 2.21. The second kappa shape index (κ2) is 6.34. The maximum atomic E-state index is 12.0. The fraction of sp³-hybridized carbons (Fsp3) is 0.500. The van der Waals surface area contributed by atoms with Gasteiger partial charge in [-0.1, -0.05) is 15.9 Å². The van der Waals surface area contributed by atoms with Crippen LogP contribution in [0.4, 0.5) is 5.69 Å². The van der Waals surface area contributed by atoms with Gasteiger partial charge >= 0.3 is 0 Å². The van der Waals surface area contributed by atoms with Gasteiger partial charge in [-0.25, -0.2) is 0 Å². The van der Waals surface area contributed by atoms with Gasteiger partial charge in [-0.3, -0.25) is 4.79 Å². The van der Waals surface area contributed by atoms with Crippen molar-refractivity contribution in [3.8, 4) is 0 Å². The van der Waals surface area contributed by atoms with E-state index < -0.39 is 0 Å². The molecule has 4 heteroatoms. The molecule has 98 valence electrons. The minimum absolute atomic E-state index is 0.120. The third-order valence-electron chi connectivity index (χ3n) is 3.34. The summed E-state index contributed by atoms with van der Waals surface area (Å²) in [5.74, 6) is 0.601. The Bertz CT molecular complexity index is 428. The Morgan fingerprint density at radius 3 is 3.06 bits per heavy atom. The first kappa shape index (κ1) is 13.6. The number of halogens is 1. The zero-order chi connectivity index (χ0) is 13.0. The van der Waals surface area contributed by atoms with Crippen molar-refractivity contribution < 1.29 is 4.79 Å². The average Bonchev–Trinajstić information content (AvgIpc) is 2.34. The molecule has 18 heavy (non-hydrogen) atoms. The Morgan fingerprint density at radius 2 is 2.39 bits per heavy atom. The Labute approximate surface area is 116 Å². The molecule has 0 aliphatic carbocycles. The molecule has 1 amide bonds. The van der Waals surface area contributed by atoms with Gasteiger partial charge in [0.1, 0.15) is 0 Å². The first-order chi connectivity index (χ1) is 8.65. The molecule has 2 rings (SSSR count). The van der Waals surface area contributed by atoms with E-state index in [1.165, 1.54) is 6.42 Å². The maximum Gasteiger partial charge on any atom is 0.224 e. The number of nitrogens with one attached hydrogen (secondary N) is 2. The van der Waals surface area contributed by atoms with Crippen molar-refractivity contribution in [3.63, 3.8) is 0 Å². The third-order valence-corrected chi connectivity index (χ3v) is 3.83. The van der Waals surface area contributed by atoms with Crippen LogP contribution in [0.25, 0.3) is 0 Å². The molecule has 1 fully saturated rings. The van der Waals surface area contributed by atoms with Gasteiger partial charge in [0.2, 0.25) is 5.91 Å². The second-order valence-electron chi connectivity index (χ2n) is 4.92. The predicted octanol–water partition coefficient (Wildman–Crippen LogP) is 3.09. The summed E-state index contributed by atoms with van der Waals surface area (Å²) in [6.45, 7) is 4.05. The van der Waals surface area contributed by atoms with Gasteiger partial charge in [-0.2, -0.15) is 0 Å². The summed E-state index contributed by atoms with van der Waals surface area (Å²) in [7, 11) is 0. The summed E-state index contributed by atoms with van der Waals surface area (Å²) < 4.78 is 1.04. The highest BCUT2D eigenvalue weighted by molar-refractivity contribution is 9.10. The molecule has 1 aromatic carbocycles. The molecule has 0 aromatic heterocycles. The highest BCUT2D eigenvalue weighted by Gasteiger charge is 2.17. The summed E-state index contributed by atoms with van der Waals surface area (Å²) in [6.07, 6.45) is 2.94. The van der Waals surface area contributed by atoms with E-state index in [-0.39, 0.29) is 5.91 Å². The van der Waals surface area contributed by atoms with E-state index >= 15 is 0 Å². The molecule has 1 unspecified atom stereocenters. The van der Waals surface area contributed by atoms with Crippen LogP contribution < -0.4 is 10.6 Å². The monoisotopic (exact) mass is 310 g/mol. The zero-order valence-electron chi connectivity index (χ0n) is 10.6. The normalized spacial score (nSPS) is 19.6. The van der Waals surface area contributed by atoms with Gasteiger partial charge in [0.25, 0.3) is 0 Å². The van der Waals surface area contributed by atoms with Crippen molar-refractivity contribution in [1.82, 2.24) is 5.32 Å². The lowest BCUT2D eigenvalue weighted by molar-refractivity contribution is -0.117. The highest BCUT2D eigenvalue weighted by atomic mass is 79.9. The number of rotatable bonds is 3. The van der Waals surface area contributed by atoms with Crippen LogP contribution in [-0.4, -0.2) is 19.0 Å². The fourth-order valence-electron chi connectivity index (χ4n) is 2.33. The Balaban J connectivity index is 1.90. The summed E-state index contributed by atoms with van der Waals surface area (Å²) in [6, 6.07) is 5.90. The second-order valence-corrected chi connectivity index (χ2v) is 5.84. The summed E-state index contributed by atoms with van der Waals surface area (Å²) >= 11 is 3.42. The van der Waals surface area contributed by atoms with Gasteiger partial charge in [-0.15, -0.1) is 0 Å². The van der Waals surface area contributed by atoms with Crippen molar-refractivity contribution in [2.45, 2.75) is 26.2 Å². The first-order valence-electron chi connectivity index (χ1n) is 6.42. The van der Waals surface area contributed by atoms with Crippen LogP contribution in [0.1, 0.15) is 24.8 Å². The Hall–Kier alpha value is -0.870. The van der Waals surface area contributed by atoms with Crippen LogP contribution in [0.5, 0.6) is 0 Å².